The SMILES string of the molecule is CC.Cc1ccc(CC(CNCc2cccc(C=O)n2)N(CC(=O)O)Cc2cccc(C(=O)O)n2)cc1. The van der Waals surface area contributed by atoms with E-state index in [-0.39, 0.29) is 24.8 Å². The number of carboxylic acid groups (broad SMARTS) is 2. The van der Waals surface area contributed by atoms with E-state index in [0.717, 1.165) is 11.1 Å². The molecule has 3 aromatic rings. The van der Waals surface area contributed by atoms with E-state index in [4.69, 9.17) is 0 Å². The molecule has 0 bridgehead atoms. The summed E-state index contributed by atoms with van der Waals surface area (Å²) in [5, 5.41) is 22.2. The summed E-state index contributed by atoms with van der Waals surface area (Å²) in [6.45, 7) is 6.77. The van der Waals surface area contributed by atoms with Gasteiger partial charge in [0, 0.05) is 25.7 Å². The first kappa shape index (κ1) is 29.3. The first-order valence-corrected chi connectivity index (χ1v) is 12.2. The first-order valence-electron chi connectivity index (χ1n) is 12.2. The molecule has 1 atom stereocenters. The standard InChI is InChI=1S/C26H28N4O5.C2H6/c1-18-8-10-19(11-9-18)12-23(14-27-13-20-4-2-6-22(17-31)28-20)30(16-25(32)33)15-21-5-3-7-24(29-21)26(34)35;1-2/h2-11,17,23,27H,12-16H2,1H3,(H,32,33)(H,34,35);1-2H3. The molecule has 0 amide bonds. The van der Waals surface area contributed by atoms with Gasteiger partial charge in [-0.3, -0.25) is 14.5 Å². The fraction of sp³-hybridized carbons (Fsp3) is 0.321. The van der Waals surface area contributed by atoms with Crippen LogP contribution in [-0.2, 0) is 24.3 Å². The molecule has 37 heavy (non-hydrogen) atoms. The summed E-state index contributed by atoms with van der Waals surface area (Å²) in [6.07, 6.45) is 1.26. The number of aryl methyl sites for hydroxylation is 1. The zero-order valence-electron chi connectivity index (χ0n) is 21.4. The second kappa shape index (κ2) is 15.2. The largest absolute Gasteiger partial charge is 0.480 e. The number of aromatic carboxylic acids is 1. The average Bonchev–Trinajstić information content (AvgIpc) is 2.90. The number of aromatic nitrogens is 2. The van der Waals surface area contributed by atoms with Crippen LogP contribution in [0.25, 0.3) is 0 Å². The molecule has 1 aromatic carbocycles. The normalized spacial score (nSPS) is 11.4. The Bertz CT molecular complexity index is 1170. The van der Waals surface area contributed by atoms with E-state index in [0.29, 0.717) is 42.9 Å². The van der Waals surface area contributed by atoms with Crippen molar-refractivity contribution in [2.24, 2.45) is 0 Å². The molecule has 9 heteroatoms. The van der Waals surface area contributed by atoms with E-state index in [1.165, 1.54) is 6.07 Å². The summed E-state index contributed by atoms with van der Waals surface area (Å²) < 4.78 is 0. The highest BCUT2D eigenvalue weighted by Crippen LogP contribution is 2.14. The summed E-state index contributed by atoms with van der Waals surface area (Å²) in [5.74, 6) is -2.13. The van der Waals surface area contributed by atoms with Gasteiger partial charge in [-0.15, -0.1) is 0 Å². The molecule has 1 unspecified atom stereocenters. The number of benzene rings is 1. The fourth-order valence-electron chi connectivity index (χ4n) is 3.74. The number of hydrogen-bond acceptors (Lipinski definition) is 7. The molecule has 196 valence electrons. The molecular formula is C28H34N4O5. The maximum atomic E-state index is 11.7. The molecule has 0 aliphatic carbocycles. The van der Waals surface area contributed by atoms with Crippen LogP contribution < -0.4 is 5.32 Å². The van der Waals surface area contributed by atoms with Crippen molar-refractivity contribution in [1.82, 2.24) is 20.2 Å². The van der Waals surface area contributed by atoms with Crippen LogP contribution in [0.15, 0.2) is 60.7 Å². The Morgan fingerprint density at radius 2 is 1.65 bits per heavy atom. The molecule has 3 N–H and O–H groups in total. The van der Waals surface area contributed by atoms with Gasteiger partial charge in [-0.1, -0.05) is 55.8 Å². The number of nitrogens with one attached hydrogen (secondary N) is 1. The van der Waals surface area contributed by atoms with Crippen LogP contribution in [0.5, 0.6) is 0 Å². The highest BCUT2D eigenvalue weighted by Gasteiger charge is 2.23. The van der Waals surface area contributed by atoms with Crippen molar-refractivity contribution >= 4 is 18.2 Å². The van der Waals surface area contributed by atoms with Crippen LogP contribution in [-0.4, -0.2) is 62.4 Å². The number of pyridine rings is 2. The van der Waals surface area contributed by atoms with Crippen molar-refractivity contribution in [2.75, 3.05) is 13.1 Å². The maximum absolute atomic E-state index is 11.7. The summed E-state index contributed by atoms with van der Waals surface area (Å²) in [5.41, 5.74) is 3.60. The zero-order valence-corrected chi connectivity index (χ0v) is 21.4. The molecule has 0 saturated heterocycles. The zero-order chi connectivity index (χ0) is 27.2. The van der Waals surface area contributed by atoms with Crippen LogP contribution in [0, 0.1) is 6.92 Å². The molecular weight excluding hydrogens is 472 g/mol. The Morgan fingerprint density at radius 1 is 0.973 bits per heavy atom. The molecule has 3 rings (SSSR count). The first-order chi connectivity index (χ1) is 17.8. The molecule has 2 heterocycles. The molecule has 9 nitrogen and oxygen atoms in total. The maximum Gasteiger partial charge on any atom is 0.354 e. The Kier molecular flexibility index (Phi) is 12.0. The molecule has 0 radical (unpaired) electrons. The van der Waals surface area contributed by atoms with Gasteiger partial charge < -0.3 is 15.5 Å². The van der Waals surface area contributed by atoms with E-state index < -0.39 is 11.9 Å². The van der Waals surface area contributed by atoms with Crippen LogP contribution in [0.2, 0.25) is 0 Å². The third-order valence-corrected chi connectivity index (χ3v) is 5.47. The van der Waals surface area contributed by atoms with E-state index in [1.807, 2.05) is 51.1 Å². The minimum atomic E-state index is -1.14. The highest BCUT2D eigenvalue weighted by molar-refractivity contribution is 5.85. The van der Waals surface area contributed by atoms with E-state index in [1.54, 1.807) is 29.2 Å². The van der Waals surface area contributed by atoms with Crippen LogP contribution in [0.4, 0.5) is 0 Å². The minimum Gasteiger partial charge on any atom is -0.480 e. The molecule has 0 spiro atoms. The molecule has 0 aliphatic heterocycles. The highest BCUT2D eigenvalue weighted by atomic mass is 16.4. The number of nitrogens with zero attached hydrogens (tertiary/aromatic N) is 3. The Balaban J connectivity index is 0.00000235. The number of aliphatic carboxylic acids is 1. The summed E-state index contributed by atoms with van der Waals surface area (Å²) in [7, 11) is 0. The van der Waals surface area contributed by atoms with Crippen LogP contribution in [0.1, 0.15) is 57.3 Å². The summed E-state index contributed by atoms with van der Waals surface area (Å²) in [6, 6.07) is 17.7. The quantitative estimate of drug-likeness (QED) is 0.297. The number of aldehydes is 1. The summed E-state index contributed by atoms with van der Waals surface area (Å²) >= 11 is 0. The van der Waals surface area contributed by atoms with Gasteiger partial charge in [-0.05, 0) is 43.2 Å². The average molecular weight is 507 g/mol. The Labute approximate surface area is 217 Å². The van der Waals surface area contributed by atoms with Crippen LogP contribution in [0.3, 0.4) is 0 Å². The second-order valence-corrected chi connectivity index (χ2v) is 8.26. The van der Waals surface area contributed by atoms with Gasteiger partial charge in [-0.25, -0.2) is 14.8 Å². The Morgan fingerprint density at radius 3 is 2.30 bits per heavy atom. The van der Waals surface area contributed by atoms with Gasteiger partial charge in [0.15, 0.2) is 6.29 Å². The lowest BCUT2D eigenvalue weighted by molar-refractivity contribution is -0.139. The van der Waals surface area contributed by atoms with Crippen molar-refractivity contribution in [2.45, 2.75) is 46.3 Å². The second-order valence-electron chi connectivity index (χ2n) is 8.26. The van der Waals surface area contributed by atoms with Gasteiger partial charge >= 0.3 is 11.9 Å². The third kappa shape index (κ3) is 9.91. The number of carboxylic acids is 2. The minimum absolute atomic E-state index is 0.0906. The van der Waals surface area contributed by atoms with Gasteiger partial charge in [0.2, 0.25) is 0 Å². The number of carbonyl (C=O) groups excluding carboxylic acids is 1. The van der Waals surface area contributed by atoms with Gasteiger partial charge in [-0.2, -0.15) is 0 Å². The van der Waals surface area contributed by atoms with E-state index >= 15 is 0 Å². The van der Waals surface area contributed by atoms with Gasteiger partial charge in [0.25, 0.3) is 0 Å². The third-order valence-electron chi connectivity index (χ3n) is 5.47. The monoisotopic (exact) mass is 506 g/mol. The topological polar surface area (TPSA) is 133 Å². The smallest absolute Gasteiger partial charge is 0.354 e. The number of hydrogen-bond donors (Lipinski definition) is 3. The number of rotatable bonds is 13. The van der Waals surface area contributed by atoms with Gasteiger partial charge in [0.1, 0.15) is 11.4 Å². The number of carbonyl (C=O) groups is 3. The fourth-order valence-corrected chi connectivity index (χ4v) is 3.74. The van der Waals surface area contributed by atoms with Crippen molar-refractivity contribution in [1.29, 1.82) is 0 Å². The van der Waals surface area contributed by atoms with Gasteiger partial charge in [0.05, 0.1) is 17.9 Å². The Hall–Kier alpha value is -3.95. The molecule has 0 fully saturated rings. The molecule has 2 aromatic heterocycles. The molecule has 0 aliphatic rings. The summed E-state index contributed by atoms with van der Waals surface area (Å²) in [4.78, 5) is 44.3. The lowest BCUT2D eigenvalue weighted by Crippen LogP contribution is -2.45. The molecule has 0 saturated carbocycles. The van der Waals surface area contributed by atoms with Crippen molar-refractivity contribution in [3.8, 4) is 0 Å². The van der Waals surface area contributed by atoms with E-state index in [2.05, 4.69) is 15.3 Å². The predicted molar refractivity (Wildman–Crippen MR) is 141 cm³/mol. The lowest BCUT2D eigenvalue weighted by Gasteiger charge is -2.31. The lowest BCUT2D eigenvalue weighted by atomic mass is 10.0. The van der Waals surface area contributed by atoms with Crippen molar-refractivity contribution < 1.29 is 24.6 Å². The van der Waals surface area contributed by atoms with Crippen molar-refractivity contribution in [3.63, 3.8) is 0 Å². The predicted octanol–water partition coefficient (Wildman–Crippen LogP) is 3.61. The van der Waals surface area contributed by atoms with E-state index in [9.17, 15) is 24.6 Å². The van der Waals surface area contributed by atoms with Crippen LogP contribution >= 0.6 is 0 Å². The van der Waals surface area contributed by atoms with Crippen molar-refractivity contribution in [3.05, 3.63) is 94.6 Å².